The Morgan fingerprint density at radius 3 is 2.28 bits per heavy atom. The minimum absolute atomic E-state index is 0.00778. The summed E-state index contributed by atoms with van der Waals surface area (Å²) in [6, 6.07) is 32.8. The fourth-order valence-corrected chi connectivity index (χ4v) is 10.2. The number of fused-ring (bicyclic) bond motifs is 3. The fraction of sp³-hybridized carbons (Fsp3) is 0.259. The summed E-state index contributed by atoms with van der Waals surface area (Å²) >= 11 is 0. The molecule has 1 spiro atoms. The van der Waals surface area contributed by atoms with Gasteiger partial charge in [0.1, 0.15) is 36.5 Å². The molecule has 14 heteroatoms. The number of nitro benzene ring substituents is 1. The average Bonchev–Trinajstić information content (AvgIpc) is 3.83. The van der Waals surface area contributed by atoms with E-state index in [1.807, 2.05) is 65.6 Å². The molecule has 5 aromatic rings. The first-order valence-corrected chi connectivity index (χ1v) is 22.6. The van der Waals surface area contributed by atoms with E-state index >= 15 is 14.4 Å². The lowest BCUT2D eigenvalue weighted by Gasteiger charge is -2.46. The van der Waals surface area contributed by atoms with E-state index in [0.717, 1.165) is 41.7 Å². The van der Waals surface area contributed by atoms with Crippen LogP contribution in [0.15, 0.2) is 152 Å². The van der Waals surface area contributed by atoms with Gasteiger partial charge in [-0.3, -0.25) is 29.4 Å². The molecule has 2 N–H and O–H groups in total. The van der Waals surface area contributed by atoms with Crippen LogP contribution in [0.25, 0.3) is 0 Å². The highest BCUT2D eigenvalue weighted by molar-refractivity contribution is 6.23. The Morgan fingerprint density at radius 2 is 1.62 bits per heavy atom. The van der Waals surface area contributed by atoms with Gasteiger partial charge in [-0.1, -0.05) is 96.8 Å². The number of allylic oxidation sites excluding steroid dienone is 2. The lowest BCUT2D eigenvalue weighted by molar-refractivity contribution is -0.384. The molecule has 6 unspecified atom stereocenters. The van der Waals surface area contributed by atoms with Crippen molar-refractivity contribution < 1.29 is 43.4 Å². The highest BCUT2D eigenvalue weighted by atomic mass is 16.6. The molecule has 1 aliphatic carbocycles. The van der Waals surface area contributed by atoms with Gasteiger partial charge in [-0.05, 0) is 102 Å². The zero-order chi connectivity index (χ0) is 47.4. The van der Waals surface area contributed by atoms with Gasteiger partial charge in [0.05, 0.1) is 35.2 Å². The van der Waals surface area contributed by atoms with Gasteiger partial charge in [0.25, 0.3) is 5.69 Å². The third-order valence-corrected chi connectivity index (χ3v) is 13.1. The Bertz CT molecular complexity index is 2840. The zero-order valence-corrected chi connectivity index (χ0v) is 37.0. The molecular weight excluding hydrogens is 865 g/mol. The molecule has 4 aliphatic rings. The second-order valence-electron chi connectivity index (χ2n) is 17.0. The van der Waals surface area contributed by atoms with E-state index < -0.39 is 64.4 Å². The number of nitrogens with zero attached hydrogens (tertiary/aromatic N) is 3. The normalized spacial score (nSPS) is 22.8. The van der Waals surface area contributed by atoms with Gasteiger partial charge in [0.2, 0.25) is 11.8 Å². The minimum atomic E-state index is -2.05. The molecule has 344 valence electrons. The van der Waals surface area contributed by atoms with Crippen molar-refractivity contribution in [2.45, 2.75) is 61.9 Å². The predicted octanol–water partition coefficient (Wildman–Crippen LogP) is 8.12. The van der Waals surface area contributed by atoms with E-state index in [0.29, 0.717) is 28.0 Å². The Balaban J connectivity index is 1.30. The molecule has 0 saturated carbocycles. The Kier molecular flexibility index (Phi) is 13.0. The van der Waals surface area contributed by atoms with Crippen LogP contribution in [0.5, 0.6) is 5.75 Å². The maximum Gasteiger partial charge on any atom is 0.421 e. The van der Waals surface area contributed by atoms with Crippen molar-refractivity contribution in [3.63, 3.8) is 0 Å². The maximum absolute atomic E-state index is 16.4. The Labute approximate surface area is 393 Å². The monoisotopic (exact) mass is 912 g/mol. The number of anilines is 1. The predicted molar refractivity (Wildman–Crippen MR) is 251 cm³/mol. The van der Waals surface area contributed by atoms with Gasteiger partial charge in [-0.25, -0.2) is 9.69 Å². The molecule has 2 fully saturated rings. The number of morpholine rings is 1. The van der Waals surface area contributed by atoms with Crippen molar-refractivity contribution in [3.05, 3.63) is 195 Å². The van der Waals surface area contributed by atoms with Gasteiger partial charge < -0.3 is 24.6 Å². The molecule has 3 heterocycles. The van der Waals surface area contributed by atoms with Crippen LogP contribution in [0, 0.1) is 27.9 Å². The van der Waals surface area contributed by atoms with Crippen molar-refractivity contribution in [1.29, 1.82) is 0 Å². The van der Waals surface area contributed by atoms with Crippen LogP contribution in [-0.2, 0) is 35.9 Å². The number of imide groups is 1. The van der Waals surface area contributed by atoms with E-state index in [4.69, 9.17) is 14.2 Å². The number of hydrogen-bond acceptors (Lipinski definition) is 11. The highest BCUT2D eigenvalue weighted by Crippen LogP contribution is 2.66. The number of nitro groups is 1. The van der Waals surface area contributed by atoms with Gasteiger partial charge in [0.15, 0.2) is 0 Å². The summed E-state index contributed by atoms with van der Waals surface area (Å²) in [6.07, 6.45) is 5.44. The molecule has 0 radical (unpaired) electrons. The quantitative estimate of drug-likeness (QED) is 0.0406. The SMILES string of the molecule is C=CCNC(=O)C1C2C(=O)OC(c3ccccc3)C(c3ccccc3)N2C(c2ccc(OCCO)cc2)C12C(=O)N(C(=O)OCc1ccc([N+](=O)[O-])cc1)c1ccc(C#CC3=CCCCC3)cc12. The van der Waals surface area contributed by atoms with Gasteiger partial charge in [0, 0.05) is 24.2 Å². The lowest BCUT2D eigenvalue weighted by atomic mass is 9.65. The first-order chi connectivity index (χ1) is 33.1. The summed E-state index contributed by atoms with van der Waals surface area (Å²) in [4.78, 5) is 75.4. The first-order valence-electron chi connectivity index (χ1n) is 22.6. The third-order valence-electron chi connectivity index (χ3n) is 13.1. The van der Waals surface area contributed by atoms with Crippen LogP contribution in [0.1, 0.15) is 77.3 Å². The molecule has 5 aromatic carbocycles. The van der Waals surface area contributed by atoms with E-state index in [1.54, 1.807) is 42.5 Å². The number of non-ortho nitro benzene ring substituents is 1. The highest BCUT2D eigenvalue weighted by Gasteiger charge is 2.75. The largest absolute Gasteiger partial charge is 0.491 e. The van der Waals surface area contributed by atoms with Crippen LogP contribution in [-0.4, -0.2) is 64.6 Å². The molecule has 14 nitrogen and oxygen atoms in total. The summed E-state index contributed by atoms with van der Waals surface area (Å²) in [5.41, 5.74) is 2.05. The number of cyclic esters (lactones) is 1. The maximum atomic E-state index is 16.4. The minimum Gasteiger partial charge on any atom is -0.491 e. The molecule has 0 bridgehead atoms. The summed E-state index contributed by atoms with van der Waals surface area (Å²) in [5, 5.41) is 23.9. The van der Waals surface area contributed by atoms with Crippen LogP contribution in [0.2, 0.25) is 0 Å². The smallest absolute Gasteiger partial charge is 0.421 e. The van der Waals surface area contributed by atoms with Crippen molar-refractivity contribution in [3.8, 4) is 17.6 Å². The number of hydrogen-bond donors (Lipinski definition) is 2. The number of rotatable bonds is 12. The molecule has 3 amide bonds. The van der Waals surface area contributed by atoms with E-state index in [2.05, 4.69) is 29.8 Å². The Morgan fingerprint density at radius 1 is 0.897 bits per heavy atom. The zero-order valence-electron chi connectivity index (χ0n) is 37.0. The van der Waals surface area contributed by atoms with Crippen LogP contribution >= 0.6 is 0 Å². The van der Waals surface area contributed by atoms with E-state index in [9.17, 15) is 20.0 Å². The lowest BCUT2D eigenvalue weighted by Crippen LogP contribution is -2.55. The number of ether oxygens (including phenoxy) is 3. The molecule has 2 saturated heterocycles. The number of aliphatic hydroxyl groups excluding tert-OH is 1. The van der Waals surface area contributed by atoms with Crippen LogP contribution in [0.3, 0.4) is 0 Å². The number of nitrogens with one attached hydrogen (secondary N) is 1. The van der Waals surface area contributed by atoms with Gasteiger partial charge in [-0.2, -0.15) is 0 Å². The summed E-state index contributed by atoms with van der Waals surface area (Å²) in [7, 11) is 0. The second kappa shape index (κ2) is 19.5. The van der Waals surface area contributed by atoms with Crippen LogP contribution < -0.4 is 15.0 Å². The molecule has 3 aliphatic heterocycles. The van der Waals surface area contributed by atoms with Crippen molar-refractivity contribution in [2.24, 2.45) is 5.92 Å². The summed E-state index contributed by atoms with van der Waals surface area (Å²) in [6.45, 7) is 3.26. The first kappa shape index (κ1) is 45.3. The number of carbonyl (C=O) groups is 4. The third kappa shape index (κ3) is 8.31. The van der Waals surface area contributed by atoms with Crippen molar-refractivity contribution in [2.75, 3.05) is 24.7 Å². The number of esters is 1. The summed E-state index contributed by atoms with van der Waals surface area (Å²) < 4.78 is 18.2. The Hall–Kier alpha value is -7.86. The van der Waals surface area contributed by atoms with E-state index in [-0.39, 0.29) is 43.3 Å². The molecule has 9 rings (SSSR count). The molecule has 0 aromatic heterocycles. The summed E-state index contributed by atoms with van der Waals surface area (Å²) in [5.74, 6) is 3.28. The molecular formula is C54H48N4O10. The molecule has 68 heavy (non-hydrogen) atoms. The standard InChI is InChI=1S/C54H48N4O10/c1-2-30-55-50(60)45-47-51(61)68-48(39-16-10-5-11-17-39)46(38-14-8-4-9-15-38)57(47)49(40-23-27-42(28-24-40)66-32-31-59)54(45)43-33-36(19-18-35-12-6-3-7-13-35)22-29-44(43)56(52(54)62)53(63)67-34-37-20-25-41(26-21-37)58(64)65/h2,4-5,8-12,14-17,20-29,33,45-49,59H,1,3,6-7,13,30-32,34H2,(H,55,60). The fourth-order valence-electron chi connectivity index (χ4n) is 10.2. The number of aliphatic hydroxyl groups is 1. The van der Waals surface area contributed by atoms with E-state index in [1.165, 1.54) is 30.3 Å². The van der Waals surface area contributed by atoms with Gasteiger partial charge >= 0.3 is 12.1 Å². The molecule has 6 atom stereocenters. The average molecular weight is 913 g/mol. The topological polar surface area (TPSA) is 178 Å². The number of amides is 3. The number of benzene rings is 5. The second-order valence-corrected chi connectivity index (χ2v) is 17.0. The van der Waals surface area contributed by atoms with Gasteiger partial charge in [-0.15, -0.1) is 6.58 Å². The van der Waals surface area contributed by atoms with Crippen LogP contribution in [0.4, 0.5) is 16.2 Å². The van der Waals surface area contributed by atoms with Crippen molar-refractivity contribution in [1.82, 2.24) is 10.2 Å². The number of carbonyl (C=O) groups excluding carboxylic acids is 4. The van der Waals surface area contributed by atoms with Crippen molar-refractivity contribution >= 4 is 35.3 Å².